The molecule has 6 nitrogen and oxygen atoms in total. The Balaban J connectivity index is 1.91. The van der Waals surface area contributed by atoms with Gasteiger partial charge in [0, 0.05) is 12.0 Å². The molecular weight excluding hydrogens is 395 g/mol. The Labute approximate surface area is 164 Å². The minimum absolute atomic E-state index is 0.264. The summed E-state index contributed by atoms with van der Waals surface area (Å²) in [5.74, 6) is 0.420. The fourth-order valence-corrected chi connectivity index (χ4v) is 3.95. The largest absolute Gasteiger partial charge is 0.360 e. The molecule has 1 aromatic carbocycles. The van der Waals surface area contributed by atoms with Gasteiger partial charge < -0.3 is 4.52 Å². The van der Waals surface area contributed by atoms with E-state index in [1.807, 2.05) is 0 Å². The first-order valence-corrected chi connectivity index (χ1v) is 9.48. The number of rotatable bonds is 5. The maximum atomic E-state index is 12.8. The van der Waals surface area contributed by atoms with Crippen LogP contribution in [0.1, 0.15) is 35.0 Å². The van der Waals surface area contributed by atoms with E-state index < -0.39 is 5.91 Å². The number of benzene rings is 1. The van der Waals surface area contributed by atoms with Gasteiger partial charge in [-0.05, 0) is 25.0 Å². The summed E-state index contributed by atoms with van der Waals surface area (Å²) in [6.07, 6.45) is 0.806. The fourth-order valence-electron chi connectivity index (χ4n) is 2.43. The average molecular weight is 411 g/mol. The lowest BCUT2D eigenvalue weighted by molar-refractivity contribution is 0.102. The van der Waals surface area contributed by atoms with Crippen molar-refractivity contribution in [3.05, 3.63) is 44.6 Å². The van der Waals surface area contributed by atoms with E-state index in [4.69, 9.17) is 27.7 Å². The third-order valence-electron chi connectivity index (χ3n) is 3.56. The first-order chi connectivity index (χ1) is 12.4. The molecule has 0 atom stereocenters. The van der Waals surface area contributed by atoms with Crippen LogP contribution in [-0.4, -0.2) is 21.3 Å². The second-order valence-electron chi connectivity index (χ2n) is 6.11. The van der Waals surface area contributed by atoms with Gasteiger partial charge in [-0.2, -0.15) is 0 Å². The molecule has 3 rings (SSSR count). The van der Waals surface area contributed by atoms with Crippen molar-refractivity contribution in [3.63, 3.8) is 0 Å². The molecule has 1 amide bonds. The highest BCUT2D eigenvalue weighted by molar-refractivity contribution is 7.15. The summed E-state index contributed by atoms with van der Waals surface area (Å²) < 4.78 is 5.22. The zero-order valence-corrected chi connectivity index (χ0v) is 16.7. The van der Waals surface area contributed by atoms with Crippen molar-refractivity contribution in [1.29, 1.82) is 0 Å². The summed E-state index contributed by atoms with van der Waals surface area (Å²) >= 11 is 13.8. The number of anilines is 1. The van der Waals surface area contributed by atoms with Gasteiger partial charge in [-0.15, -0.1) is 10.2 Å². The second kappa shape index (κ2) is 7.73. The van der Waals surface area contributed by atoms with Gasteiger partial charge in [0.1, 0.15) is 22.0 Å². The fraction of sp³-hybridized carbons (Fsp3) is 0.294. The molecule has 0 saturated heterocycles. The predicted molar refractivity (Wildman–Crippen MR) is 103 cm³/mol. The van der Waals surface area contributed by atoms with E-state index in [9.17, 15) is 4.79 Å². The molecule has 0 saturated carbocycles. The third kappa shape index (κ3) is 3.90. The van der Waals surface area contributed by atoms with Gasteiger partial charge >= 0.3 is 0 Å². The highest BCUT2D eigenvalue weighted by Crippen LogP contribution is 2.37. The number of nitrogens with one attached hydrogen (secondary N) is 1. The first-order valence-electron chi connectivity index (χ1n) is 7.91. The van der Waals surface area contributed by atoms with E-state index >= 15 is 0 Å². The first kappa shape index (κ1) is 18.8. The van der Waals surface area contributed by atoms with Crippen molar-refractivity contribution in [3.8, 4) is 11.3 Å². The summed E-state index contributed by atoms with van der Waals surface area (Å²) in [7, 11) is 0. The van der Waals surface area contributed by atoms with Gasteiger partial charge in [0.05, 0.1) is 10.0 Å². The maximum absolute atomic E-state index is 12.8. The zero-order valence-electron chi connectivity index (χ0n) is 14.3. The van der Waals surface area contributed by atoms with Crippen LogP contribution < -0.4 is 5.32 Å². The molecule has 1 N–H and O–H groups in total. The Kier molecular flexibility index (Phi) is 5.60. The number of amides is 1. The number of halogens is 2. The van der Waals surface area contributed by atoms with E-state index in [1.165, 1.54) is 11.3 Å². The van der Waals surface area contributed by atoms with Crippen molar-refractivity contribution in [2.75, 3.05) is 5.32 Å². The summed E-state index contributed by atoms with van der Waals surface area (Å²) in [6.45, 7) is 5.85. The van der Waals surface area contributed by atoms with Gasteiger partial charge in [-0.25, -0.2) is 0 Å². The van der Waals surface area contributed by atoms with E-state index in [0.29, 0.717) is 38.1 Å². The molecule has 0 aliphatic rings. The van der Waals surface area contributed by atoms with E-state index in [2.05, 4.69) is 34.5 Å². The summed E-state index contributed by atoms with van der Waals surface area (Å²) in [5.41, 5.74) is 1.01. The quantitative estimate of drug-likeness (QED) is 0.620. The van der Waals surface area contributed by atoms with Crippen molar-refractivity contribution >= 4 is 45.6 Å². The highest BCUT2D eigenvalue weighted by Gasteiger charge is 2.25. The lowest BCUT2D eigenvalue weighted by Gasteiger charge is -2.06. The normalized spacial score (nSPS) is 11.2. The molecule has 26 heavy (non-hydrogen) atoms. The summed E-state index contributed by atoms with van der Waals surface area (Å²) in [4.78, 5) is 12.8. The zero-order chi connectivity index (χ0) is 18.8. The SMILES string of the molecule is Cc1onc(-c2c(Cl)cccc2Cl)c1C(=O)Nc1nnc(CC(C)C)s1. The van der Waals surface area contributed by atoms with Crippen molar-refractivity contribution in [1.82, 2.24) is 15.4 Å². The van der Waals surface area contributed by atoms with Crippen molar-refractivity contribution in [2.45, 2.75) is 27.2 Å². The Morgan fingerprint density at radius 3 is 2.62 bits per heavy atom. The minimum atomic E-state index is -0.401. The number of aromatic nitrogens is 3. The number of aryl methyl sites for hydroxylation is 1. The minimum Gasteiger partial charge on any atom is -0.360 e. The number of hydrogen-bond donors (Lipinski definition) is 1. The van der Waals surface area contributed by atoms with Crippen LogP contribution in [0.4, 0.5) is 5.13 Å². The van der Waals surface area contributed by atoms with E-state index in [1.54, 1.807) is 25.1 Å². The van der Waals surface area contributed by atoms with Gasteiger partial charge in [0.2, 0.25) is 5.13 Å². The van der Waals surface area contributed by atoms with Crippen LogP contribution >= 0.6 is 34.5 Å². The molecule has 0 unspecified atom stereocenters. The molecule has 0 spiro atoms. The number of carbonyl (C=O) groups is 1. The molecule has 0 radical (unpaired) electrons. The van der Waals surface area contributed by atoms with Crippen LogP contribution in [0.25, 0.3) is 11.3 Å². The smallest absolute Gasteiger partial charge is 0.263 e. The molecule has 0 bridgehead atoms. The molecule has 0 aliphatic carbocycles. The van der Waals surface area contributed by atoms with Gasteiger partial charge in [-0.3, -0.25) is 10.1 Å². The standard InChI is InChI=1S/C17H16Cl2N4O2S/c1-8(2)7-12-21-22-17(26-12)20-16(24)13-9(3)25-23-15(13)14-10(18)5-4-6-11(14)19/h4-6,8H,7H2,1-3H3,(H,20,22,24). The monoisotopic (exact) mass is 410 g/mol. The van der Waals surface area contributed by atoms with Gasteiger partial charge in [-0.1, -0.05) is 59.6 Å². The molecule has 2 heterocycles. The molecule has 2 aromatic heterocycles. The Hall–Kier alpha value is -1.96. The third-order valence-corrected chi connectivity index (χ3v) is 5.05. The van der Waals surface area contributed by atoms with E-state index in [-0.39, 0.29) is 5.56 Å². The molecule has 0 fully saturated rings. The number of hydrogen-bond acceptors (Lipinski definition) is 6. The molecule has 9 heteroatoms. The van der Waals surface area contributed by atoms with Crippen LogP contribution in [0.2, 0.25) is 10.0 Å². The average Bonchev–Trinajstić information content (AvgIpc) is 3.13. The molecule has 0 aliphatic heterocycles. The van der Waals surface area contributed by atoms with Crippen molar-refractivity contribution < 1.29 is 9.32 Å². The lowest BCUT2D eigenvalue weighted by Crippen LogP contribution is -2.13. The number of carbonyl (C=O) groups excluding carboxylic acids is 1. The van der Waals surface area contributed by atoms with Crippen LogP contribution in [-0.2, 0) is 6.42 Å². The highest BCUT2D eigenvalue weighted by atomic mass is 35.5. The van der Waals surface area contributed by atoms with Crippen LogP contribution in [0, 0.1) is 12.8 Å². The molecule has 3 aromatic rings. The second-order valence-corrected chi connectivity index (χ2v) is 7.99. The van der Waals surface area contributed by atoms with Crippen LogP contribution in [0.5, 0.6) is 0 Å². The Morgan fingerprint density at radius 2 is 1.96 bits per heavy atom. The number of nitrogens with zero attached hydrogens (tertiary/aromatic N) is 3. The molecular formula is C17H16Cl2N4O2S. The molecule has 136 valence electrons. The Bertz CT molecular complexity index is 932. The van der Waals surface area contributed by atoms with Crippen LogP contribution in [0.15, 0.2) is 22.7 Å². The van der Waals surface area contributed by atoms with E-state index in [0.717, 1.165) is 11.4 Å². The van der Waals surface area contributed by atoms with Crippen molar-refractivity contribution in [2.24, 2.45) is 5.92 Å². The van der Waals surface area contributed by atoms with Gasteiger partial charge in [0.15, 0.2) is 0 Å². The predicted octanol–water partition coefficient (Wildman–Crippen LogP) is 5.26. The summed E-state index contributed by atoms with van der Waals surface area (Å²) in [6, 6.07) is 5.08. The lowest BCUT2D eigenvalue weighted by atomic mass is 10.1. The van der Waals surface area contributed by atoms with Crippen LogP contribution in [0.3, 0.4) is 0 Å². The van der Waals surface area contributed by atoms with Gasteiger partial charge in [0.25, 0.3) is 5.91 Å². The maximum Gasteiger partial charge on any atom is 0.263 e. The summed E-state index contributed by atoms with van der Waals surface area (Å²) in [5, 5.41) is 16.9. The Morgan fingerprint density at radius 1 is 1.27 bits per heavy atom. The topological polar surface area (TPSA) is 80.9 Å².